The number of allylic oxidation sites excluding steroid dienone is 2. The van der Waals surface area contributed by atoms with Gasteiger partial charge in [-0.2, -0.15) is 0 Å². The van der Waals surface area contributed by atoms with Crippen LogP contribution in [0.5, 0.6) is 11.5 Å². The fraction of sp³-hybridized carbons (Fsp3) is 0.333. The number of phenolic OH excluding ortho intramolecular Hbond substituents is 1. The van der Waals surface area contributed by atoms with E-state index in [1.807, 2.05) is 33.8 Å². The second-order valence-electron chi connectivity index (χ2n) is 3.61. The van der Waals surface area contributed by atoms with Crippen molar-refractivity contribution in [2.75, 3.05) is 0 Å². The molecule has 0 fully saturated rings. The Labute approximate surface area is 84.8 Å². The smallest absolute Gasteiger partial charge is 0.127 e. The number of rotatable bonds is 2. The van der Waals surface area contributed by atoms with Crippen LogP contribution in [0.25, 0.3) is 0 Å². The Hall–Kier alpha value is -1.44. The molecule has 0 aliphatic heterocycles. The largest absolute Gasteiger partial charge is 0.508 e. The lowest BCUT2D eigenvalue weighted by atomic mass is 10.2. The van der Waals surface area contributed by atoms with Crippen LogP contribution in [0.3, 0.4) is 0 Å². The summed E-state index contributed by atoms with van der Waals surface area (Å²) in [4.78, 5) is 0. The highest BCUT2D eigenvalue weighted by molar-refractivity contribution is 5.38. The maximum absolute atomic E-state index is 9.32. The van der Waals surface area contributed by atoms with Crippen LogP contribution in [0, 0.1) is 6.92 Å². The lowest BCUT2D eigenvalue weighted by molar-refractivity contribution is 0.417. The first-order valence-electron chi connectivity index (χ1n) is 4.62. The minimum absolute atomic E-state index is 0.298. The van der Waals surface area contributed by atoms with Crippen molar-refractivity contribution in [2.24, 2.45) is 0 Å². The monoisotopic (exact) mass is 192 g/mol. The van der Waals surface area contributed by atoms with Gasteiger partial charge in [-0.05, 0) is 57.0 Å². The molecule has 0 radical (unpaired) electrons. The van der Waals surface area contributed by atoms with Crippen LogP contribution in [0.4, 0.5) is 0 Å². The molecule has 0 unspecified atom stereocenters. The molecule has 0 saturated heterocycles. The van der Waals surface area contributed by atoms with E-state index < -0.39 is 0 Å². The van der Waals surface area contributed by atoms with Crippen molar-refractivity contribution in [3.8, 4) is 11.5 Å². The van der Waals surface area contributed by atoms with Gasteiger partial charge in [-0.25, -0.2) is 0 Å². The van der Waals surface area contributed by atoms with Crippen LogP contribution in [0.1, 0.15) is 26.3 Å². The van der Waals surface area contributed by atoms with Crippen molar-refractivity contribution >= 4 is 0 Å². The summed E-state index contributed by atoms with van der Waals surface area (Å²) in [6, 6.07) is 5.22. The van der Waals surface area contributed by atoms with Crippen molar-refractivity contribution in [2.45, 2.75) is 27.7 Å². The summed E-state index contributed by atoms with van der Waals surface area (Å²) in [6.07, 6.45) is 0. The first-order chi connectivity index (χ1) is 6.50. The molecule has 0 bridgehead atoms. The molecule has 1 aromatic rings. The molecule has 1 rings (SSSR count). The molecule has 0 heterocycles. The van der Waals surface area contributed by atoms with E-state index in [1.54, 1.807) is 12.1 Å². The fourth-order valence-electron chi connectivity index (χ4n) is 0.970. The van der Waals surface area contributed by atoms with Gasteiger partial charge in [-0.15, -0.1) is 0 Å². The quantitative estimate of drug-likeness (QED) is 0.728. The number of phenols is 1. The Morgan fingerprint density at radius 3 is 2.36 bits per heavy atom. The minimum Gasteiger partial charge on any atom is -0.508 e. The average molecular weight is 192 g/mol. The molecule has 0 aliphatic carbocycles. The Kier molecular flexibility index (Phi) is 3.18. The third-order valence-electron chi connectivity index (χ3n) is 2.14. The molecule has 2 nitrogen and oxygen atoms in total. The summed E-state index contributed by atoms with van der Waals surface area (Å²) in [7, 11) is 0. The third kappa shape index (κ3) is 2.52. The molecule has 0 aliphatic rings. The number of aromatic hydroxyl groups is 1. The number of benzene rings is 1. The zero-order chi connectivity index (χ0) is 10.7. The van der Waals surface area contributed by atoms with Crippen molar-refractivity contribution < 1.29 is 9.84 Å². The lowest BCUT2D eigenvalue weighted by Crippen LogP contribution is -1.93. The van der Waals surface area contributed by atoms with Gasteiger partial charge >= 0.3 is 0 Å². The second kappa shape index (κ2) is 4.18. The average Bonchev–Trinajstić information content (AvgIpc) is 2.11. The van der Waals surface area contributed by atoms with Gasteiger partial charge in [0, 0.05) is 0 Å². The van der Waals surface area contributed by atoms with E-state index in [9.17, 15) is 5.11 Å². The van der Waals surface area contributed by atoms with E-state index in [-0.39, 0.29) is 0 Å². The van der Waals surface area contributed by atoms with E-state index >= 15 is 0 Å². The Balaban J connectivity index is 2.89. The standard InChI is InChI=1S/C12H16O2/c1-8(2)10(4)14-11-5-6-12(13)9(3)7-11/h5-7,13H,1-4H3. The predicted molar refractivity (Wildman–Crippen MR) is 57.5 cm³/mol. The molecule has 0 spiro atoms. The Morgan fingerprint density at radius 2 is 1.86 bits per heavy atom. The zero-order valence-corrected chi connectivity index (χ0v) is 9.09. The van der Waals surface area contributed by atoms with Gasteiger partial charge in [0.05, 0.1) is 5.76 Å². The van der Waals surface area contributed by atoms with Gasteiger partial charge in [0.2, 0.25) is 0 Å². The molecular formula is C12H16O2. The van der Waals surface area contributed by atoms with E-state index in [0.717, 1.165) is 22.6 Å². The minimum atomic E-state index is 0.298. The maximum Gasteiger partial charge on any atom is 0.127 e. The summed E-state index contributed by atoms with van der Waals surface area (Å²) < 4.78 is 5.58. The molecular weight excluding hydrogens is 176 g/mol. The van der Waals surface area contributed by atoms with Crippen LogP contribution in [0.2, 0.25) is 0 Å². The first-order valence-corrected chi connectivity index (χ1v) is 4.62. The highest BCUT2D eigenvalue weighted by atomic mass is 16.5. The highest BCUT2D eigenvalue weighted by Crippen LogP contribution is 2.23. The number of hydrogen-bond donors (Lipinski definition) is 1. The van der Waals surface area contributed by atoms with Crippen LogP contribution < -0.4 is 4.74 Å². The molecule has 76 valence electrons. The predicted octanol–water partition coefficient (Wildman–Crippen LogP) is 3.39. The molecule has 1 N–H and O–H groups in total. The molecule has 0 aromatic heterocycles. The van der Waals surface area contributed by atoms with Crippen LogP contribution >= 0.6 is 0 Å². The highest BCUT2D eigenvalue weighted by Gasteiger charge is 2.00. The maximum atomic E-state index is 9.32. The van der Waals surface area contributed by atoms with Gasteiger partial charge in [0.15, 0.2) is 0 Å². The van der Waals surface area contributed by atoms with Crippen molar-refractivity contribution in [3.05, 3.63) is 35.1 Å². The topological polar surface area (TPSA) is 29.5 Å². The van der Waals surface area contributed by atoms with E-state index in [1.165, 1.54) is 0 Å². The van der Waals surface area contributed by atoms with Crippen molar-refractivity contribution in [1.82, 2.24) is 0 Å². The van der Waals surface area contributed by atoms with Crippen molar-refractivity contribution in [3.63, 3.8) is 0 Å². The van der Waals surface area contributed by atoms with Gasteiger partial charge in [-0.1, -0.05) is 0 Å². The first kappa shape index (κ1) is 10.6. The van der Waals surface area contributed by atoms with Crippen LogP contribution in [-0.4, -0.2) is 5.11 Å². The second-order valence-corrected chi connectivity index (χ2v) is 3.61. The van der Waals surface area contributed by atoms with E-state index in [4.69, 9.17) is 4.74 Å². The zero-order valence-electron chi connectivity index (χ0n) is 9.09. The Morgan fingerprint density at radius 1 is 1.21 bits per heavy atom. The number of hydrogen-bond acceptors (Lipinski definition) is 2. The molecule has 0 saturated carbocycles. The van der Waals surface area contributed by atoms with Gasteiger partial charge in [-0.3, -0.25) is 0 Å². The van der Waals surface area contributed by atoms with E-state index in [2.05, 4.69) is 0 Å². The Bertz CT molecular complexity index is 361. The number of aryl methyl sites for hydroxylation is 1. The molecule has 14 heavy (non-hydrogen) atoms. The van der Waals surface area contributed by atoms with Gasteiger partial charge in [0.1, 0.15) is 11.5 Å². The SMILES string of the molecule is CC(C)=C(C)Oc1ccc(O)c(C)c1. The summed E-state index contributed by atoms with van der Waals surface area (Å²) in [6.45, 7) is 7.78. The normalized spacial score (nSPS) is 9.71. The summed E-state index contributed by atoms with van der Waals surface area (Å²) in [5, 5.41) is 9.32. The summed E-state index contributed by atoms with van der Waals surface area (Å²) >= 11 is 0. The van der Waals surface area contributed by atoms with Crippen LogP contribution in [0.15, 0.2) is 29.5 Å². The lowest BCUT2D eigenvalue weighted by Gasteiger charge is -2.08. The van der Waals surface area contributed by atoms with Gasteiger partial charge in [0.25, 0.3) is 0 Å². The van der Waals surface area contributed by atoms with Crippen LogP contribution in [-0.2, 0) is 0 Å². The third-order valence-corrected chi connectivity index (χ3v) is 2.14. The fourth-order valence-corrected chi connectivity index (χ4v) is 0.970. The summed E-state index contributed by atoms with van der Waals surface area (Å²) in [5.74, 6) is 1.96. The van der Waals surface area contributed by atoms with Crippen molar-refractivity contribution in [1.29, 1.82) is 0 Å². The van der Waals surface area contributed by atoms with Gasteiger partial charge < -0.3 is 9.84 Å². The summed E-state index contributed by atoms with van der Waals surface area (Å²) in [5.41, 5.74) is 1.97. The molecule has 2 heteroatoms. The molecule has 1 aromatic carbocycles. The van der Waals surface area contributed by atoms with E-state index in [0.29, 0.717) is 5.75 Å². The molecule has 0 amide bonds. The molecule has 0 atom stereocenters. The number of ether oxygens (including phenoxy) is 1.